The zero-order valence-electron chi connectivity index (χ0n) is 14.5. The number of anilines is 3. The summed E-state index contributed by atoms with van der Waals surface area (Å²) in [6.07, 6.45) is 4.72. The predicted octanol–water partition coefficient (Wildman–Crippen LogP) is 3.29. The lowest BCUT2D eigenvalue weighted by molar-refractivity contribution is -0.114. The Morgan fingerprint density at radius 3 is 2.52 bits per heavy atom. The molecule has 1 aromatic carbocycles. The fourth-order valence-electron chi connectivity index (χ4n) is 2.24. The summed E-state index contributed by atoms with van der Waals surface area (Å²) in [5.74, 6) is 0.125. The van der Waals surface area contributed by atoms with Crippen LogP contribution in [0.1, 0.15) is 43.6 Å². The van der Waals surface area contributed by atoms with Crippen LogP contribution < -0.4 is 16.0 Å². The number of aromatic nitrogens is 2. The van der Waals surface area contributed by atoms with Crippen molar-refractivity contribution in [1.29, 1.82) is 0 Å². The average Bonchev–Trinajstić information content (AvgIpc) is 2.59. The van der Waals surface area contributed by atoms with Crippen LogP contribution in [0.4, 0.5) is 17.2 Å². The van der Waals surface area contributed by atoms with Gasteiger partial charge in [0.1, 0.15) is 17.8 Å². The number of carbonyl (C=O) groups is 2. The summed E-state index contributed by atoms with van der Waals surface area (Å²) >= 11 is 0. The molecular weight excluding hydrogens is 318 g/mol. The summed E-state index contributed by atoms with van der Waals surface area (Å²) in [4.78, 5) is 31.6. The highest BCUT2D eigenvalue weighted by atomic mass is 16.2. The molecule has 2 amide bonds. The highest BCUT2D eigenvalue weighted by Gasteiger charge is 2.09. The third kappa shape index (κ3) is 6.21. The molecule has 7 nitrogen and oxygen atoms in total. The number of amides is 2. The first-order valence-electron chi connectivity index (χ1n) is 8.33. The van der Waals surface area contributed by atoms with E-state index in [2.05, 4.69) is 32.8 Å². The van der Waals surface area contributed by atoms with Gasteiger partial charge in [0, 0.05) is 30.9 Å². The Hall–Kier alpha value is -2.96. The van der Waals surface area contributed by atoms with Crippen molar-refractivity contribution < 1.29 is 9.59 Å². The maximum atomic E-state index is 12.4. The Morgan fingerprint density at radius 2 is 1.80 bits per heavy atom. The largest absolute Gasteiger partial charge is 0.370 e. The molecule has 7 heteroatoms. The summed E-state index contributed by atoms with van der Waals surface area (Å²) in [5.41, 5.74) is 1.47. The molecule has 0 spiro atoms. The Kier molecular flexibility index (Phi) is 6.88. The van der Waals surface area contributed by atoms with E-state index in [1.807, 2.05) is 0 Å². The van der Waals surface area contributed by atoms with E-state index in [4.69, 9.17) is 0 Å². The first-order chi connectivity index (χ1) is 12.1. The molecule has 0 atom stereocenters. The van der Waals surface area contributed by atoms with Gasteiger partial charge in [-0.25, -0.2) is 9.97 Å². The number of hydrogen-bond donors (Lipinski definition) is 3. The maximum Gasteiger partial charge on any atom is 0.274 e. The molecule has 0 bridgehead atoms. The third-order valence-electron chi connectivity index (χ3n) is 3.43. The molecule has 0 unspecified atom stereocenters. The van der Waals surface area contributed by atoms with Crippen LogP contribution in [-0.4, -0.2) is 28.3 Å². The summed E-state index contributed by atoms with van der Waals surface area (Å²) in [5, 5.41) is 8.63. The molecule has 1 aromatic heterocycles. The van der Waals surface area contributed by atoms with Gasteiger partial charge in [0.2, 0.25) is 5.91 Å². The Labute approximate surface area is 147 Å². The van der Waals surface area contributed by atoms with E-state index in [1.54, 1.807) is 30.3 Å². The lowest BCUT2D eigenvalue weighted by atomic mass is 10.2. The Balaban J connectivity index is 1.99. The minimum atomic E-state index is -0.334. The number of nitrogens with one attached hydrogen (secondary N) is 3. The monoisotopic (exact) mass is 341 g/mol. The van der Waals surface area contributed by atoms with Crippen molar-refractivity contribution >= 4 is 29.0 Å². The minimum Gasteiger partial charge on any atom is -0.370 e. The molecule has 132 valence electrons. The molecule has 2 rings (SSSR count). The van der Waals surface area contributed by atoms with Crippen molar-refractivity contribution in [3.63, 3.8) is 0 Å². The van der Waals surface area contributed by atoms with Crippen LogP contribution in [0.5, 0.6) is 0 Å². The summed E-state index contributed by atoms with van der Waals surface area (Å²) in [7, 11) is 0. The van der Waals surface area contributed by atoms with Crippen LogP contribution in [0.15, 0.2) is 36.7 Å². The van der Waals surface area contributed by atoms with Gasteiger partial charge in [-0.05, 0) is 24.6 Å². The van der Waals surface area contributed by atoms with Gasteiger partial charge < -0.3 is 16.0 Å². The standard InChI is InChI=1S/C18H23N5O2/c1-3-4-5-9-19-17-11-16(20-12-21-17)18(25)23-15-8-6-7-14(10-15)22-13(2)24/h6-8,10-12H,3-5,9H2,1-2H3,(H,22,24)(H,23,25)(H,19,20,21). The quantitative estimate of drug-likeness (QED) is 0.640. The van der Waals surface area contributed by atoms with Crippen LogP contribution in [-0.2, 0) is 4.79 Å². The fourth-order valence-corrected chi connectivity index (χ4v) is 2.24. The van der Waals surface area contributed by atoms with Crippen LogP contribution in [0.2, 0.25) is 0 Å². The second-order valence-corrected chi connectivity index (χ2v) is 5.64. The molecule has 0 saturated carbocycles. The molecule has 3 N–H and O–H groups in total. The molecule has 25 heavy (non-hydrogen) atoms. The van der Waals surface area contributed by atoms with Crippen LogP contribution in [0.25, 0.3) is 0 Å². The molecular formula is C18H23N5O2. The van der Waals surface area contributed by atoms with Crippen molar-refractivity contribution in [2.75, 3.05) is 22.5 Å². The van der Waals surface area contributed by atoms with Crippen molar-refractivity contribution in [3.8, 4) is 0 Å². The minimum absolute atomic E-state index is 0.168. The van der Waals surface area contributed by atoms with E-state index in [9.17, 15) is 9.59 Å². The van der Waals surface area contributed by atoms with Crippen LogP contribution in [0.3, 0.4) is 0 Å². The predicted molar refractivity (Wildman–Crippen MR) is 98.7 cm³/mol. The lowest BCUT2D eigenvalue weighted by Crippen LogP contribution is -2.15. The van der Waals surface area contributed by atoms with Crippen LogP contribution in [0, 0.1) is 0 Å². The lowest BCUT2D eigenvalue weighted by Gasteiger charge is -2.09. The van der Waals surface area contributed by atoms with Gasteiger partial charge in [0.15, 0.2) is 0 Å². The van der Waals surface area contributed by atoms with Crippen LogP contribution >= 0.6 is 0 Å². The SMILES string of the molecule is CCCCCNc1cc(C(=O)Nc2cccc(NC(C)=O)c2)ncn1. The molecule has 1 heterocycles. The smallest absolute Gasteiger partial charge is 0.274 e. The second kappa shape index (κ2) is 9.36. The number of unbranched alkanes of at least 4 members (excludes halogenated alkanes) is 2. The number of rotatable bonds is 8. The first kappa shape index (κ1) is 18.4. The van der Waals surface area contributed by atoms with E-state index in [0.29, 0.717) is 17.2 Å². The van der Waals surface area contributed by atoms with E-state index in [-0.39, 0.29) is 17.5 Å². The number of nitrogens with zero attached hydrogens (tertiary/aromatic N) is 2. The van der Waals surface area contributed by atoms with Crippen molar-refractivity contribution in [2.24, 2.45) is 0 Å². The van der Waals surface area contributed by atoms with Gasteiger partial charge in [0.05, 0.1) is 0 Å². The topological polar surface area (TPSA) is 96.0 Å². The number of carbonyl (C=O) groups excluding carboxylic acids is 2. The van der Waals surface area contributed by atoms with Gasteiger partial charge in [0.25, 0.3) is 5.91 Å². The van der Waals surface area contributed by atoms with Gasteiger partial charge in [-0.3, -0.25) is 9.59 Å². The Morgan fingerprint density at radius 1 is 1.04 bits per heavy atom. The zero-order valence-corrected chi connectivity index (χ0v) is 14.5. The number of hydrogen-bond acceptors (Lipinski definition) is 5. The third-order valence-corrected chi connectivity index (χ3v) is 3.43. The normalized spacial score (nSPS) is 10.2. The van der Waals surface area contributed by atoms with Gasteiger partial charge >= 0.3 is 0 Å². The highest BCUT2D eigenvalue weighted by molar-refractivity contribution is 6.03. The summed E-state index contributed by atoms with van der Waals surface area (Å²) < 4.78 is 0. The van der Waals surface area contributed by atoms with E-state index < -0.39 is 0 Å². The zero-order chi connectivity index (χ0) is 18.1. The molecule has 0 radical (unpaired) electrons. The van der Waals surface area contributed by atoms with Gasteiger partial charge in [-0.1, -0.05) is 25.8 Å². The van der Waals surface area contributed by atoms with E-state index >= 15 is 0 Å². The molecule has 0 fully saturated rings. The summed E-state index contributed by atoms with van der Waals surface area (Å²) in [6.45, 7) is 4.39. The van der Waals surface area contributed by atoms with Crippen molar-refractivity contribution in [3.05, 3.63) is 42.4 Å². The number of benzene rings is 1. The van der Waals surface area contributed by atoms with Gasteiger partial charge in [-0.2, -0.15) is 0 Å². The molecule has 0 saturated heterocycles. The molecule has 0 aliphatic rings. The van der Waals surface area contributed by atoms with Crippen molar-refractivity contribution in [1.82, 2.24) is 9.97 Å². The average molecular weight is 341 g/mol. The fraction of sp³-hybridized carbons (Fsp3) is 0.333. The Bertz CT molecular complexity index is 733. The molecule has 0 aliphatic carbocycles. The molecule has 0 aliphatic heterocycles. The second-order valence-electron chi connectivity index (χ2n) is 5.64. The van der Waals surface area contributed by atoms with Crippen molar-refractivity contribution in [2.45, 2.75) is 33.1 Å². The van der Waals surface area contributed by atoms with E-state index in [1.165, 1.54) is 13.3 Å². The summed E-state index contributed by atoms with van der Waals surface area (Å²) in [6, 6.07) is 8.55. The molecule has 2 aromatic rings. The first-order valence-corrected chi connectivity index (χ1v) is 8.33. The van der Waals surface area contributed by atoms with E-state index in [0.717, 1.165) is 25.8 Å². The maximum absolute atomic E-state index is 12.4. The van der Waals surface area contributed by atoms with Gasteiger partial charge in [-0.15, -0.1) is 0 Å². The highest BCUT2D eigenvalue weighted by Crippen LogP contribution is 2.16.